The van der Waals surface area contributed by atoms with Crippen molar-refractivity contribution in [3.8, 4) is 6.07 Å². The third kappa shape index (κ3) is 4.26. The van der Waals surface area contributed by atoms with Crippen LogP contribution in [0.4, 0.5) is 0 Å². The first-order valence-corrected chi connectivity index (χ1v) is 5.75. The summed E-state index contributed by atoms with van der Waals surface area (Å²) in [4.78, 5) is 11.8. The summed E-state index contributed by atoms with van der Waals surface area (Å²) in [5.41, 5.74) is -0.214. The van der Waals surface area contributed by atoms with Crippen LogP contribution in [0.1, 0.15) is 24.2 Å². The fourth-order valence-corrected chi connectivity index (χ4v) is 1.65. The highest BCUT2D eigenvalue weighted by Gasteiger charge is 2.18. The largest absolute Gasteiger partial charge is 0.350 e. The van der Waals surface area contributed by atoms with Crippen LogP contribution in [0.15, 0.2) is 18.2 Å². The highest BCUT2D eigenvalue weighted by molar-refractivity contribution is 6.35. The number of benzene rings is 1. The Morgan fingerprint density at radius 3 is 2.35 bits per heavy atom. The molecule has 0 saturated carbocycles. The number of nitrogens with one attached hydrogen (secondary N) is 1. The number of nitriles is 1. The summed E-state index contributed by atoms with van der Waals surface area (Å²) in [7, 11) is 0. The Morgan fingerprint density at radius 2 is 1.88 bits per heavy atom. The summed E-state index contributed by atoms with van der Waals surface area (Å²) in [6.45, 7) is 3.77. The zero-order valence-corrected chi connectivity index (χ0v) is 11.1. The van der Waals surface area contributed by atoms with Crippen molar-refractivity contribution >= 4 is 29.1 Å². The molecule has 0 aromatic heterocycles. The van der Waals surface area contributed by atoms with Crippen molar-refractivity contribution in [1.82, 2.24) is 5.32 Å². The minimum Gasteiger partial charge on any atom is -0.350 e. The van der Waals surface area contributed by atoms with Crippen molar-refractivity contribution in [3.63, 3.8) is 0 Å². The van der Waals surface area contributed by atoms with Gasteiger partial charge < -0.3 is 5.32 Å². The summed E-state index contributed by atoms with van der Waals surface area (Å²) in [6.07, 6.45) is 0. The lowest BCUT2D eigenvalue weighted by Crippen LogP contribution is -2.33. The molecular formula is C12H12Cl2N2O. The van der Waals surface area contributed by atoms with E-state index in [9.17, 15) is 4.79 Å². The van der Waals surface area contributed by atoms with Gasteiger partial charge in [0.05, 0.1) is 11.5 Å². The van der Waals surface area contributed by atoms with Gasteiger partial charge in [-0.05, 0) is 32.0 Å². The zero-order valence-electron chi connectivity index (χ0n) is 9.55. The van der Waals surface area contributed by atoms with E-state index in [-0.39, 0.29) is 12.5 Å². The molecule has 0 atom stereocenters. The van der Waals surface area contributed by atoms with E-state index < -0.39 is 5.41 Å². The van der Waals surface area contributed by atoms with Gasteiger partial charge in [-0.15, -0.1) is 0 Å². The molecule has 1 N–H and O–H groups in total. The first kappa shape index (κ1) is 13.8. The first-order valence-electron chi connectivity index (χ1n) is 4.99. The van der Waals surface area contributed by atoms with Gasteiger partial charge in [-0.25, -0.2) is 0 Å². The van der Waals surface area contributed by atoms with E-state index in [2.05, 4.69) is 11.4 Å². The Labute approximate surface area is 110 Å². The average Bonchev–Trinajstić information content (AvgIpc) is 2.24. The Hall–Kier alpha value is -1.24. The minimum absolute atomic E-state index is 0.270. The van der Waals surface area contributed by atoms with E-state index in [1.54, 1.807) is 19.9 Å². The number of nitrogens with zero attached hydrogens (tertiary/aromatic N) is 1. The van der Waals surface area contributed by atoms with Gasteiger partial charge in [0.15, 0.2) is 0 Å². The highest BCUT2D eigenvalue weighted by atomic mass is 35.5. The van der Waals surface area contributed by atoms with Gasteiger partial charge in [-0.1, -0.05) is 23.2 Å². The molecule has 0 aliphatic rings. The van der Waals surface area contributed by atoms with Crippen molar-refractivity contribution in [2.24, 2.45) is 5.41 Å². The van der Waals surface area contributed by atoms with Crippen LogP contribution in [-0.4, -0.2) is 12.5 Å². The number of rotatable bonds is 3. The fourth-order valence-electron chi connectivity index (χ4n) is 1.13. The topological polar surface area (TPSA) is 52.9 Å². The average molecular weight is 271 g/mol. The summed E-state index contributed by atoms with van der Waals surface area (Å²) >= 11 is 11.6. The molecule has 90 valence electrons. The van der Waals surface area contributed by atoms with Gasteiger partial charge in [-0.3, -0.25) is 4.79 Å². The van der Waals surface area contributed by atoms with Crippen LogP contribution in [0, 0.1) is 16.7 Å². The number of carbonyl (C=O) groups excluding carboxylic acids is 1. The van der Waals surface area contributed by atoms with Crippen LogP contribution in [0.5, 0.6) is 0 Å². The normalized spacial score (nSPS) is 10.8. The van der Waals surface area contributed by atoms with E-state index in [1.807, 2.05) is 0 Å². The quantitative estimate of drug-likeness (QED) is 0.917. The summed E-state index contributed by atoms with van der Waals surface area (Å²) in [6, 6.07) is 6.72. The van der Waals surface area contributed by atoms with Crippen LogP contribution in [0.2, 0.25) is 10.0 Å². The second-order valence-electron chi connectivity index (χ2n) is 4.34. The lowest BCUT2D eigenvalue weighted by atomic mass is 9.96. The van der Waals surface area contributed by atoms with Crippen LogP contribution < -0.4 is 5.32 Å². The van der Waals surface area contributed by atoms with Gasteiger partial charge in [0.25, 0.3) is 5.91 Å². The lowest BCUT2D eigenvalue weighted by Gasteiger charge is -2.15. The molecule has 1 aromatic carbocycles. The van der Waals surface area contributed by atoms with Crippen molar-refractivity contribution in [2.45, 2.75) is 13.8 Å². The monoisotopic (exact) mass is 270 g/mol. The van der Waals surface area contributed by atoms with E-state index in [0.29, 0.717) is 15.6 Å². The van der Waals surface area contributed by atoms with Gasteiger partial charge in [0.2, 0.25) is 0 Å². The van der Waals surface area contributed by atoms with Gasteiger partial charge in [0.1, 0.15) is 0 Å². The molecule has 17 heavy (non-hydrogen) atoms. The molecule has 0 aliphatic heterocycles. The maximum atomic E-state index is 11.8. The molecule has 1 rings (SSSR count). The number of hydrogen-bond acceptors (Lipinski definition) is 2. The second-order valence-corrected chi connectivity index (χ2v) is 5.21. The Morgan fingerprint density at radius 1 is 1.35 bits per heavy atom. The van der Waals surface area contributed by atoms with Gasteiger partial charge in [-0.2, -0.15) is 5.26 Å². The van der Waals surface area contributed by atoms with Crippen LogP contribution in [0.3, 0.4) is 0 Å². The molecular weight excluding hydrogens is 259 g/mol. The molecule has 0 spiro atoms. The zero-order chi connectivity index (χ0) is 13.1. The maximum absolute atomic E-state index is 11.8. The molecule has 0 saturated heterocycles. The van der Waals surface area contributed by atoms with Crippen LogP contribution in [0.25, 0.3) is 0 Å². The molecule has 3 nitrogen and oxygen atoms in total. The summed E-state index contributed by atoms with van der Waals surface area (Å²) in [5.74, 6) is -0.294. The SMILES string of the molecule is CC(C)(C#N)CNC(=O)c1cc(Cl)cc(Cl)c1. The number of halogens is 2. The van der Waals surface area contributed by atoms with Crippen molar-refractivity contribution in [3.05, 3.63) is 33.8 Å². The molecule has 0 heterocycles. The van der Waals surface area contributed by atoms with E-state index >= 15 is 0 Å². The van der Waals surface area contributed by atoms with Gasteiger partial charge in [0, 0.05) is 22.2 Å². The maximum Gasteiger partial charge on any atom is 0.251 e. The Kier molecular flexibility index (Phi) is 4.39. The second kappa shape index (κ2) is 5.39. The third-order valence-corrected chi connectivity index (χ3v) is 2.55. The van der Waals surface area contributed by atoms with Gasteiger partial charge >= 0.3 is 0 Å². The predicted octanol–water partition coefficient (Wildman–Crippen LogP) is 3.27. The molecule has 1 amide bonds. The van der Waals surface area contributed by atoms with E-state index in [1.165, 1.54) is 12.1 Å². The molecule has 0 aliphatic carbocycles. The Balaban J connectivity index is 2.75. The highest BCUT2D eigenvalue weighted by Crippen LogP contribution is 2.19. The predicted molar refractivity (Wildman–Crippen MR) is 68.2 cm³/mol. The number of hydrogen-bond donors (Lipinski definition) is 1. The summed E-state index contributed by atoms with van der Waals surface area (Å²) in [5, 5.41) is 12.3. The molecule has 0 bridgehead atoms. The van der Waals surface area contributed by atoms with E-state index in [4.69, 9.17) is 28.5 Å². The fraction of sp³-hybridized carbons (Fsp3) is 0.333. The van der Waals surface area contributed by atoms with Crippen LogP contribution >= 0.6 is 23.2 Å². The number of amides is 1. The van der Waals surface area contributed by atoms with Crippen molar-refractivity contribution in [2.75, 3.05) is 6.54 Å². The summed E-state index contributed by atoms with van der Waals surface area (Å²) < 4.78 is 0. The van der Waals surface area contributed by atoms with Crippen LogP contribution in [-0.2, 0) is 0 Å². The molecule has 0 radical (unpaired) electrons. The molecule has 0 fully saturated rings. The van der Waals surface area contributed by atoms with Crippen molar-refractivity contribution < 1.29 is 4.79 Å². The first-order chi connectivity index (χ1) is 7.84. The smallest absolute Gasteiger partial charge is 0.251 e. The minimum atomic E-state index is -0.599. The van der Waals surface area contributed by atoms with Crippen molar-refractivity contribution in [1.29, 1.82) is 5.26 Å². The third-order valence-electron chi connectivity index (χ3n) is 2.12. The standard InChI is InChI=1S/C12H12Cl2N2O/c1-12(2,6-15)7-16-11(17)8-3-9(13)5-10(14)4-8/h3-5H,7H2,1-2H3,(H,16,17). The Bertz CT molecular complexity index is 458. The molecule has 5 heteroatoms. The lowest BCUT2D eigenvalue weighted by molar-refractivity contribution is 0.0943. The van der Waals surface area contributed by atoms with E-state index in [0.717, 1.165) is 0 Å². The molecule has 0 unspecified atom stereocenters. The molecule has 1 aromatic rings. The number of carbonyl (C=O) groups is 1.